The average molecular weight is 406 g/mol. The Hall–Kier alpha value is -3.22. The van der Waals surface area contributed by atoms with E-state index in [9.17, 15) is 14.9 Å². The molecule has 2 aromatic carbocycles. The van der Waals surface area contributed by atoms with Crippen LogP contribution in [0, 0.1) is 16.0 Å². The second-order valence-corrected chi connectivity index (χ2v) is 7.98. The van der Waals surface area contributed by atoms with Crippen LogP contribution >= 0.6 is 0 Å². The first-order chi connectivity index (χ1) is 14.6. The average Bonchev–Trinajstić information content (AvgIpc) is 2.78. The van der Waals surface area contributed by atoms with Crippen molar-refractivity contribution >= 4 is 22.1 Å². The lowest BCUT2D eigenvalue weighted by Gasteiger charge is -2.33. The first-order valence-corrected chi connectivity index (χ1v) is 10.6. The summed E-state index contributed by atoms with van der Waals surface area (Å²) in [7, 11) is 0. The van der Waals surface area contributed by atoms with Gasteiger partial charge < -0.3 is 4.90 Å². The fourth-order valence-corrected chi connectivity index (χ4v) is 4.37. The summed E-state index contributed by atoms with van der Waals surface area (Å²) in [4.78, 5) is 25.7. The summed E-state index contributed by atoms with van der Waals surface area (Å²) < 4.78 is 0. The molecule has 0 aliphatic carbocycles. The highest BCUT2D eigenvalue weighted by Crippen LogP contribution is 2.36. The third-order valence-corrected chi connectivity index (χ3v) is 6.06. The normalized spacial score (nSPS) is 14.9. The number of nitro groups is 1. The van der Waals surface area contributed by atoms with Crippen LogP contribution in [-0.2, 0) is 0 Å². The number of aromatic nitrogens is 2. The molecule has 0 atom stereocenters. The number of benzene rings is 2. The maximum Gasteiger partial charge on any atom is 0.293 e. The lowest BCUT2D eigenvalue weighted by atomic mass is 9.91. The molecule has 0 spiro atoms. The number of hydrogen-bond donors (Lipinski definition) is 1. The maximum absolute atomic E-state index is 12.1. The minimum atomic E-state index is -0.324. The Labute approximate surface area is 174 Å². The minimum absolute atomic E-state index is 0.0802. The standard InChI is InChI=1S/C23H26N4O3/c1-2-3-6-16-11-13-26(14-12-16)20-10-9-17(15-21(20)27(29)30)22-18-7-4-5-8-19(18)23(28)25-24-22/h4-5,7-10,15-16H,2-3,6,11-14H2,1H3,(H,25,28). The van der Waals surface area contributed by atoms with Crippen LogP contribution in [0.3, 0.4) is 0 Å². The molecular weight excluding hydrogens is 380 g/mol. The molecule has 3 aromatic rings. The topological polar surface area (TPSA) is 92.1 Å². The highest BCUT2D eigenvalue weighted by atomic mass is 16.6. The number of anilines is 1. The van der Waals surface area contributed by atoms with E-state index in [4.69, 9.17) is 0 Å². The number of fused-ring (bicyclic) bond motifs is 1. The molecule has 0 bridgehead atoms. The summed E-state index contributed by atoms with van der Waals surface area (Å²) in [6, 6.07) is 12.4. The predicted octanol–water partition coefficient (Wildman–Crippen LogP) is 4.90. The van der Waals surface area contributed by atoms with Gasteiger partial charge in [-0.15, -0.1) is 0 Å². The van der Waals surface area contributed by atoms with E-state index in [1.807, 2.05) is 24.3 Å². The molecular formula is C23H26N4O3. The molecule has 1 aromatic heterocycles. The highest BCUT2D eigenvalue weighted by Gasteiger charge is 2.25. The molecule has 2 heterocycles. The lowest BCUT2D eigenvalue weighted by Crippen LogP contribution is -2.34. The van der Waals surface area contributed by atoms with E-state index >= 15 is 0 Å². The summed E-state index contributed by atoms with van der Waals surface area (Å²) in [6.45, 7) is 3.89. The fourth-order valence-electron chi connectivity index (χ4n) is 4.37. The molecule has 1 aliphatic heterocycles. The Bertz CT molecular complexity index is 1120. The van der Waals surface area contributed by atoms with Gasteiger partial charge in [0.05, 0.1) is 16.0 Å². The number of piperidine rings is 1. The van der Waals surface area contributed by atoms with Gasteiger partial charge in [-0.2, -0.15) is 5.10 Å². The van der Waals surface area contributed by atoms with Gasteiger partial charge in [-0.1, -0.05) is 50.5 Å². The van der Waals surface area contributed by atoms with Crippen LogP contribution in [-0.4, -0.2) is 28.2 Å². The zero-order chi connectivity index (χ0) is 21.1. The van der Waals surface area contributed by atoms with E-state index in [-0.39, 0.29) is 16.2 Å². The second-order valence-electron chi connectivity index (χ2n) is 7.98. The molecule has 0 saturated carbocycles. The quantitative estimate of drug-likeness (QED) is 0.464. The van der Waals surface area contributed by atoms with Crippen LogP contribution in [0.2, 0.25) is 0 Å². The Kier molecular flexibility index (Phi) is 5.79. The molecule has 1 saturated heterocycles. The van der Waals surface area contributed by atoms with Gasteiger partial charge in [0.2, 0.25) is 0 Å². The Morgan fingerprint density at radius 3 is 2.60 bits per heavy atom. The van der Waals surface area contributed by atoms with Crippen LogP contribution < -0.4 is 10.5 Å². The summed E-state index contributed by atoms with van der Waals surface area (Å²) >= 11 is 0. The Morgan fingerprint density at radius 1 is 1.17 bits per heavy atom. The van der Waals surface area contributed by atoms with Crippen molar-refractivity contribution in [1.29, 1.82) is 0 Å². The molecule has 1 aliphatic rings. The number of H-pyrrole nitrogens is 1. The molecule has 0 unspecified atom stereocenters. The van der Waals surface area contributed by atoms with Crippen molar-refractivity contribution < 1.29 is 4.92 Å². The van der Waals surface area contributed by atoms with Gasteiger partial charge in [0.1, 0.15) is 5.69 Å². The van der Waals surface area contributed by atoms with Gasteiger partial charge in [0.15, 0.2) is 0 Å². The van der Waals surface area contributed by atoms with Crippen LogP contribution in [0.25, 0.3) is 22.0 Å². The van der Waals surface area contributed by atoms with E-state index in [2.05, 4.69) is 22.0 Å². The van der Waals surface area contributed by atoms with Crippen molar-refractivity contribution in [3.8, 4) is 11.3 Å². The van der Waals surface area contributed by atoms with E-state index in [0.717, 1.165) is 31.8 Å². The summed E-state index contributed by atoms with van der Waals surface area (Å²) in [5.74, 6) is 0.719. The van der Waals surface area contributed by atoms with Crippen molar-refractivity contribution in [2.24, 2.45) is 5.92 Å². The minimum Gasteiger partial charge on any atom is -0.366 e. The van der Waals surface area contributed by atoms with Gasteiger partial charge in [-0.05, 0) is 30.9 Å². The number of nitro benzene ring substituents is 1. The van der Waals surface area contributed by atoms with Crippen LogP contribution in [0.4, 0.5) is 11.4 Å². The van der Waals surface area contributed by atoms with Crippen molar-refractivity contribution in [3.63, 3.8) is 0 Å². The first-order valence-electron chi connectivity index (χ1n) is 10.6. The van der Waals surface area contributed by atoms with Crippen molar-refractivity contribution in [2.45, 2.75) is 39.0 Å². The second kappa shape index (κ2) is 8.65. The van der Waals surface area contributed by atoms with Crippen molar-refractivity contribution in [3.05, 3.63) is 62.9 Å². The fraction of sp³-hybridized carbons (Fsp3) is 0.391. The van der Waals surface area contributed by atoms with Crippen molar-refractivity contribution in [1.82, 2.24) is 10.2 Å². The molecule has 156 valence electrons. The van der Waals surface area contributed by atoms with Gasteiger partial charge in [-0.25, -0.2) is 5.10 Å². The predicted molar refractivity (Wildman–Crippen MR) is 119 cm³/mol. The third kappa shape index (κ3) is 3.92. The number of nitrogens with zero attached hydrogens (tertiary/aromatic N) is 3. The van der Waals surface area contributed by atoms with Gasteiger partial charge in [0.25, 0.3) is 11.2 Å². The molecule has 1 N–H and O–H groups in total. The maximum atomic E-state index is 12.1. The Balaban J connectivity index is 1.67. The lowest BCUT2D eigenvalue weighted by molar-refractivity contribution is -0.384. The molecule has 0 radical (unpaired) electrons. The van der Waals surface area contributed by atoms with Crippen molar-refractivity contribution in [2.75, 3.05) is 18.0 Å². The molecule has 7 nitrogen and oxygen atoms in total. The molecule has 4 rings (SSSR count). The third-order valence-electron chi connectivity index (χ3n) is 6.06. The van der Waals surface area contributed by atoms with E-state index in [1.54, 1.807) is 18.2 Å². The first kappa shape index (κ1) is 20.1. The summed E-state index contributed by atoms with van der Waals surface area (Å²) in [6.07, 6.45) is 5.85. The molecule has 0 amide bonds. The SMILES string of the molecule is CCCCC1CCN(c2ccc(-c3n[nH]c(=O)c4ccccc34)cc2[N+](=O)[O-])CC1. The van der Waals surface area contributed by atoms with Crippen LogP contribution in [0.1, 0.15) is 39.0 Å². The zero-order valence-corrected chi connectivity index (χ0v) is 17.1. The van der Waals surface area contributed by atoms with Gasteiger partial charge in [-0.3, -0.25) is 14.9 Å². The highest BCUT2D eigenvalue weighted by molar-refractivity contribution is 5.94. The smallest absolute Gasteiger partial charge is 0.293 e. The monoisotopic (exact) mass is 406 g/mol. The summed E-state index contributed by atoms with van der Waals surface area (Å²) in [5, 5.41) is 19.8. The number of nitrogens with one attached hydrogen (secondary N) is 1. The van der Waals surface area contributed by atoms with E-state index in [1.165, 1.54) is 19.3 Å². The molecule has 7 heteroatoms. The Morgan fingerprint density at radius 2 is 1.90 bits per heavy atom. The van der Waals surface area contributed by atoms with Gasteiger partial charge in [0, 0.05) is 30.1 Å². The number of hydrogen-bond acceptors (Lipinski definition) is 5. The van der Waals surface area contributed by atoms with E-state index < -0.39 is 0 Å². The molecule has 30 heavy (non-hydrogen) atoms. The number of rotatable bonds is 6. The molecule has 1 fully saturated rings. The van der Waals surface area contributed by atoms with E-state index in [0.29, 0.717) is 27.7 Å². The summed E-state index contributed by atoms with van der Waals surface area (Å²) in [5.41, 5.74) is 1.63. The van der Waals surface area contributed by atoms with Gasteiger partial charge >= 0.3 is 0 Å². The largest absolute Gasteiger partial charge is 0.366 e. The number of aromatic amines is 1. The van der Waals surface area contributed by atoms with Crippen LogP contribution in [0.5, 0.6) is 0 Å². The zero-order valence-electron chi connectivity index (χ0n) is 17.1. The van der Waals surface area contributed by atoms with Crippen LogP contribution in [0.15, 0.2) is 47.3 Å². The number of unbranched alkanes of at least 4 members (excludes halogenated alkanes) is 1.